The van der Waals surface area contributed by atoms with Gasteiger partial charge in [0, 0.05) is 35.7 Å². The van der Waals surface area contributed by atoms with E-state index in [0.29, 0.717) is 42.1 Å². The molecular weight excluding hydrogens is 524 g/mol. The van der Waals surface area contributed by atoms with Crippen molar-refractivity contribution in [3.63, 3.8) is 0 Å². The van der Waals surface area contributed by atoms with Crippen molar-refractivity contribution < 1.29 is 19.2 Å². The van der Waals surface area contributed by atoms with Crippen LogP contribution in [0.4, 0.5) is 0 Å². The van der Waals surface area contributed by atoms with Gasteiger partial charge in [-0.15, -0.1) is 0 Å². The van der Waals surface area contributed by atoms with Gasteiger partial charge < -0.3 is 20.9 Å². The Morgan fingerprint density at radius 2 is 1.57 bits per heavy atom. The first-order valence-electron chi connectivity index (χ1n) is 13.4. The molecule has 206 valence electrons. The van der Waals surface area contributed by atoms with E-state index in [9.17, 15) is 19.2 Å². The van der Waals surface area contributed by atoms with Gasteiger partial charge in [-0.1, -0.05) is 60.7 Å². The summed E-state index contributed by atoms with van der Waals surface area (Å²) < 4.78 is 0. The molecule has 2 heterocycles. The van der Waals surface area contributed by atoms with Crippen molar-refractivity contribution in [2.75, 3.05) is 18.8 Å². The topological polar surface area (TPSA) is 113 Å². The highest BCUT2D eigenvalue weighted by atomic mass is 32.2. The molecule has 2 fully saturated rings. The average molecular weight is 557 g/mol. The van der Waals surface area contributed by atoms with Gasteiger partial charge in [0.2, 0.25) is 5.91 Å². The van der Waals surface area contributed by atoms with Crippen LogP contribution in [-0.2, 0) is 21.9 Å². The lowest BCUT2D eigenvalue weighted by molar-refractivity contribution is -0.137. The summed E-state index contributed by atoms with van der Waals surface area (Å²) in [7, 11) is 0. The van der Waals surface area contributed by atoms with E-state index in [1.165, 1.54) is 0 Å². The average Bonchev–Trinajstić information content (AvgIpc) is 3.58. The lowest BCUT2D eigenvalue weighted by atomic mass is 10.1. The summed E-state index contributed by atoms with van der Waals surface area (Å²) in [5.74, 6) is -0.0307. The SMILES string of the molecule is NCc1cccc(C(=O)N[C@@H](CSCc2ccccc2)C(=O)N2CC[C@@H]3[C@H]2C(=O)CN3C(=O)c2ccccc2)c1. The van der Waals surface area contributed by atoms with Crippen LogP contribution >= 0.6 is 11.8 Å². The molecule has 2 aliphatic heterocycles. The highest BCUT2D eigenvalue weighted by Gasteiger charge is 2.52. The second-order valence-corrected chi connectivity index (χ2v) is 11.1. The number of fused-ring (bicyclic) bond motifs is 1. The highest BCUT2D eigenvalue weighted by Crippen LogP contribution is 2.31. The van der Waals surface area contributed by atoms with Crippen LogP contribution in [0.15, 0.2) is 84.9 Å². The van der Waals surface area contributed by atoms with Gasteiger partial charge in [0.1, 0.15) is 12.1 Å². The molecule has 0 aliphatic carbocycles. The quantitative estimate of drug-likeness (QED) is 0.419. The van der Waals surface area contributed by atoms with Crippen molar-refractivity contribution in [2.24, 2.45) is 5.73 Å². The van der Waals surface area contributed by atoms with E-state index in [4.69, 9.17) is 5.73 Å². The normalized spacial score (nSPS) is 18.9. The van der Waals surface area contributed by atoms with Gasteiger partial charge in [-0.3, -0.25) is 19.2 Å². The van der Waals surface area contributed by atoms with E-state index < -0.39 is 12.1 Å². The Morgan fingerprint density at radius 3 is 2.30 bits per heavy atom. The maximum absolute atomic E-state index is 13.9. The van der Waals surface area contributed by atoms with Gasteiger partial charge in [0.25, 0.3) is 11.8 Å². The Kier molecular flexibility index (Phi) is 8.62. The van der Waals surface area contributed by atoms with Crippen molar-refractivity contribution in [1.82, 2.24) is 15.1 Å². The Hall–Kier alpha value is -3.95. The number of amides is 3. The minimum absolute atomic E-state index is 0.0293. The maximum atomic E-state index is 13.9. The number of Topliss-reactive ketones (excluding diaryl/α,β-unsaturated/α-hetero) is 1. The van der Waals surface area contributed by atoms with Crippen LogP contribution in [0, 0.1) is 0 Å². The molecule has 2 aliphatic rings. The zero-order valence-corrected chi connectivity index (χ0v) is 22.9. The minimum atomic E-state index is -0.840. The van der Waals surface area contributed by atoms with Crippen LogP contribution in [0.1, 0.15) is 38.3 Å². The predicted octanol–water partition coefficient (Wildman–Crippen LogP) is 2.87. The first-order chi connectivity index (χ1) is 19.5. The molecular formula is C31H32N4O4S. The molecule has 3 aromatic carbocycles. The molecule has 0 spiro atoms. The van der Waals surface area contributed by atoms with Crippen molar-refractivity contribution >= 4 is 35.3 Å². The fourth-order valence-corrected chi connectivity index (χ4v) is 6.42. The van der Waals surface area contributed by atoms with Crippen molar-refractivity contribution in [1.29, 1.82) is 0 Å². The number of nitrogens with two attached hydrogens (primary N) is 1. The van der Waals surface area contributed by atoms with Crippen LogP contribution in [0.25, 0.3) is 0 Å². The Bertz CT molecular complexity index is 1380. The van der Waals surface area contributed by atoms with Crippen LogP contribution in [0.3, 0.4) is 0 Å². The van der Waals surface area contributed by atoms with E-state index in [1.54, 1.807) is 64.0 Å². The molecule has 3 aromatic rings. The molecule has 3 atom stereocenters. The molecule has 2 saturated heterocycles. The molecule has 8 nitrogen and oxygen atoms in total. The van der Waals surface area contributed by atoms with E-state index in [-0.39, 0.29) is 36.1 Å². The third kappa shape index (κ3) is 5.95. The minimum Gasteiger partial charge on any atom is -0.339 e. The first kappa shape index (κ1) is 27.6. The molecule has 3 amide bonds. The lowest BCUT2D eigenvalue weighted by Gasteiger charge is -2.28. The molecule has 0 radical (unpaired) electrons. The van der Waals surface area contributed by atoms with E-state index in [0.717, 1.165) is 11.1 Å². The Morgan fingerprint density at radius 1 is 0.900 bits per heavy atom. The smallest absolute Gasteiger partial charge is 0.254 e. The number of benzene rings is 3. The molecule has 0 bridgehead atoms. The Labute approximate surface area is 237 Å². The first-order valence-corrected chi connectivity index (χ1v) is 14.5. The van der Waals surface area contributed by atoms with Crippen molar-refractivity contribution in [3.8, 4) is 0 Å². The van der Waals surface area contributed by atoms with Gasteiger partial charge in [-0.25, -0.2) is 0 Å². The van der Waals surface area contributed by atoms with Crippen molar-refractivity contribution in [2.45, 2.75) is 36.8 Å². The van der Waals surface area contributed by atoms with Crippen LogP contribution in [0.2, 0.25) is 0 Å². The summed E-state index contributed by atoms with van der Waals surface area (Å²) in [5.41, 5.74) is 8.62. The largest absolute Gasteiger partial charge is 0.339 e. The van der Waals surface area contributed by atoms with Gasteiger partial charge in [0.05, 0.1) is 12.6 Å². The summed E-state index contributed by atoms with van der Waals surface area (Å²) in [6, 6.07) is 23.9. The van der Waals surface area contributed by atoms with Gasteiger partial charge in [-0.05, 0) is 41.8 Å². The monoisotopic (exact) mass is 556 g/mol. The summed E-state index contributed by atoms with van der Waals surface area (Å²) >= 11 is 1.54. The summed E-state index contributed by atoms with van der Waals surface area (Å²) in [4.78, 5) is 56.6. The number of ketones is 1. The number of nitrogens with one attached hydrogen (secondary N) is 1. The number of likely N-dealkylation sites (tertiary alicyclic amines) is 2. The summed E-state index contributed by atoms with van der Waals surface area (Å²) in [5, 5.41) is 2.92. The zero-order valence-electron chi connectivity index (χ0n) is 22.1. The second kappa shape index (κ2) is 12.5. The zero-order chi connectivity index (χ0) is 28.1. The summed E-state index contributed by atoms with van der Waals surface area (Å²) in [6.45, 7) is 0.614. The lowest BCUT2D eigenvalue weighted by Crippen LogP contribution is -2.53. The molecule has 0 aromatic heterocycles. The third-order valence-electron chi connectivity index (χ3n) is 7.41. The number of hydrogen-bond donors (Lipinski definition) is 2. The highest BCUT2D eigenvalue weighted by molar-refractivity contribution is 7.98. The number of carbonyl (C=O) groups is 4. The summed E-state index contributed by atoms with van der Waals surface area (Å²) in [6.07, 6.45) is 0.511. The van der Waals surface area contributed by atoms with Gasteiger partial charge in [-0.2, -0.15) is 11.8 Å². The Balaban J connectivity index is 1.33. The maximum Gasteiger partial charge on any atom is 0.254 e. The molecule has 3 N–H and O–H groups in total. The number of hydrogen-bond acceptors (Lipinski definition) is 6. The van der Waals surface area contributed by atoms with E-state index in [2.05, 4.69) is 5.32 Å². The van der Waals surface area contributed by atoms with Crippen LogP contribution < -0.4 is 11.1 Å². The fraction of sp³-hybridized carbons (Fsp3) is 0.290. The van der Waals surface area contributed by atoms with Crippen LogP contribution in [-0.4, -0.2) is 70.3 Å². The molecule has 9 heteroatoms. The molecule has 0 unspecified atom stereocenters. The van der Waals surface area contributed by atoms with Crippen LogP contribution in [0.5, 0.6) is 0 Å². The van der Waals surface area contributed by atoms with Gasteiger partial charge >= 0.3 is 0 Å². The standard InChI is InChI=1S/C31H32N4O4S/c32-17-22-10-7-13-24(16-22)29(37)33-25(20-40-19-21-8-3-1-4-9-21)31(39)34-15-14-26-28(34)27(36)18-35(26)30(38)23-11-5-2-6-12-23/h1-13,16,25-26,28H,14-15,17-20,32H2,(H,33,37)/t25-,26+,28-/m0/s1. The third-order valence-corrected chi connectivity index (χ3v) is 8.52. The number of nitrogens with zero attached hydrogens (tertiary/aromatic N) is 2. The number of rotatable bonds is 9. The van der Waals surface area contributed by atoms with E-state index >= 15 is 0 Å². The fourth-order valence-electron chi connectivity index (χ4n) is 5.41. The number of carbonyl (C=O) groups excluding carboxylic acids is 4. The number of thioether (sulfide) groups is 1. The van der Waals surface area contributed by atoms with E-state index in [1.807, 2.05) is 42.5 Å². The molecule has 5 rings (SSSR count). The second-order valence-electron chi connectivity index (χ2n) is 10.0. The molecule has 0 saturated carbocycles. The molecule has 40 heavy (non-hydrogen) atoms. The predicted molar refractivity (Wildman–Crippen MR) is 155 cm³/mol. The van der Waals surface area contributed by atoms with Crippen molar-refractivity contribution in [3.05, 3.63) is 107 Å². The van der Waals surface area contributed by atoms with Gasteiger partial charge in [0.15, 0.2) is 5.78 Å².